The minimum Gasteiger partial charge on any atom is -0.497 e. The van der Waals surface area contributed by atoms with E-state index in [0.717, 1.165) is 66.7 Å². The summed E-state index contributed by atoms with van der Waals surface area (Å²) in [5.41, 5.74) is 3.85. The first-order valence-electron chi connectivity index (χ1n) is 12.9. The van der Waals surface area contributed by atoms with Crippen LogP contribution >= 0.6 is 0 Å². The Morgan fingerprint density at radius 1 is 0.842 bits per heavy atom. The number of methoxy groups -OCH3 is 2. The Morgan fingerprint density at radius 3 is 2.00 bits per heavy atom. The third-order valence-electron chi connectivity index (χ3n) is 6.35. The molecule has 0 aliphatic heterocycles. The van der Waals surface area contributed by atoms with Gasteiger partial charge in [0, 0.05) is 17.5 Å². The van der Waals surface area contributed by atoms with Crippen molar-refractivity contribution in [1.82, 2.24) is 0 Å². The second-order valence-corrected chi connectivity index (χ2v) is 9.50. The summed E-state index contributed by atoms with van der Waals surface area (Å²) in [7, 11) is 3.25. The normalized spacial score (nSPS) is 15.4. The van der Waals surface area contributed by atoms with Gasteiger partial charge in [-0.25, -0.2) is 0 Å². The number of carbonyl (C=O) groups is 2. The Hall–Kier alpha value is -3.75. The third kappa shape index (κ3) is 9.28. The van der Waals surface area contributed by atoms with Crippen LogP contribution in [-0.2, 0) is 17.7 Å². The molecular weight excluding hydrogens is 488 g/mol. The Labute approximate surface area is 224 Å². The van der Waals surface area contributed by atoms with E-state index < -0.39 is 0 Å². The molecule has 2 aliphatic rings. The smallest absolute Gasteiger partial charge is 0.210 e. The fourth-order valence-corrected chi connectivity index (χ4v) is 4.17. The molecule has 0 fully saturated rings. The van der Waals surface area contributed by atoms with Gasteiger partial charge in [-0.2, -0.15) is 0 Å². The van der Waals surface area contributed by atoms with E-state index in [-0.39, 0.29) is 17.3 Å². The molecule has 0 bridgehead atoms. The second-order valence-electron chi connectivity index (χ2n) is 9.50. The lowest BCUT2D eigenvalue weighted by Gasteiger charge is -2.06. The van der Waals surface area contributed by atoms with Crippen LogP contribution in [0.2, 0.25) is 0 Å². The molecule has 0 heterocycles. The molecule has 0 aromatic heterocycles. The van der Waals surface area contributed by atoms with Gasteiger partial charge in [0.1, 0.15) is 23.8 Å². The lowest BCUT2D eigenvalue weighted by Crippen LogP contribution is -2.13. The highest BCUT2D eigenvalue weighted by Crippen LogP contribution is 2.25. The molecule has 0 spiro atoms. The van der Waals surface area contributed by atoms with Gasteiger partial charge < -0.3 is 19.5 Å². The zero-order valence-electron chi connectivity index (χ0n) is 22.7. The highest BCUT2D eigenvalue weighted by Gasteiger charge is 2.22. The van der Waals surface area contributed by atoms with Crippen LogP contribution in [0.25, 0.3) is 0 Å². The summed E-state index contributed by atoms with van der Waals surface area (Å²) in [5, 5.41) is 14.1. The van der Waals surface area contributed by atoms with E-state index in [1.54, 1.807) is 26.4 Å². The molecule has 0 unspecified atom stereocenters. The van der Waals surface area contributed by atoms with Crippen molar-refractivity contribution in [1.29, 1.82) is 0 Å². The summed E-state index contributed by atoms with van der Waals surface area (Å²) in [6.07, 6.45) is 6.83. The first kappa shape index (κ1) is 30.5. The predicted molar refractivity (Wildman–Crippen MR) is 146 cm³/mol. The van der Waals surface area contributed by atoms with Crippen molar-refractivity contribution >= 4 is 17.3 Å². The van der Waals surface area contributed by atoms with Crippen LogP contribution < -0.4 is 9.47 Å². The third-order valence-corrected chi connectivity index (χ3v) is 6.35. The number of ketones is 2. The minimum atomic E-state index is -0.183. The number of fused-ring (bicyclic) bond motifs is 2. The van der Waals surface area contributed by atoms with Crippen molar-refractivity contribution in [3.05, 3.63) is 63.6 Å². The van der Waals surface area contributed by atoms with Crippen molar-refractivity contribution < 1.29 is 29.1 Å². The maximum Gasteiger partial charge on any atom is 0.210 e. The molecule has 2 aliphatic carbocycles. The first-order valence-corrected chi connectivity index (χ1v) is 12.9. The number of carbonyl (C=O) groups excluding carboxylic acids is 2. The predicted octanol–water partition coefficient (Wildman–Crippen LogP) is 6.38. The molecular formula is C29H38N2O7. The van der Waals surface area contributed by atoms with Crippen molar-refractivity contribution in [2.75, 3.05) is 20.8 Å². The summed E-state index contributed by atoms with van der Waals surface area (Å²) in [6, 6.07) is 11.1. The lowest BCUT2D eigenvalue weighted by atomic mass is 10.0. The van der Waals surface area contributed by atoms with Gasteiger partial charge >= 0.3 is 0 Å². The molecule has 38 heavy (non-hydrogen) atoms. The van der Waals surface area contributed by atoms with Crippen molar-refractivity contribution in [3.8, 4) is 11.5 Å². The molecule has 1 N–H and O–H groups in total. The molecule has 0 saturated carbocycles. The number of aryl methyl sites for hydroxylation is 2. The summed E-state index contributed by atoms with van der Waals surface area (Å²) in [5.74, 6) is 2.27. The average molecular weight is 527 g/mol. The zero-order valence-corrected chi connectivity index (χ0v) is 22.7. The molecule has 206 valence electrons. The lowest BCUT2D eigenvalue weighted by molar-refractivity contribution is 0.0981. The maximum absolute atomic E-state index is 11.9. The van der Waals surface area contributed by atoms with Gasteiger partial charge in [-0.05, 0) is 98.4 Å². The number of ether oxygens (including phenoxy) is 2. The number of rotatable bonds is 6. The van der Waals surface area contributed by atoms with E-state index in [1.165, 1.54) is 0 Å². The van der Waals surface area contributed by atoms with Gasteiger partial charge in [-0.3, -0.25) is 9.59 Å². The monoisotopic (exact) mass is 526 g/mol. The van der Waals surface area contributed by atoms with Gasteiger partial charge in [0.15, 0.2) is 11.1 Å². The van der Waals surface area contributed by atoms with E-state index in [1.807, 2.05) is 24.3 Å². The summed E-state index contributed by atoms with van der Waals surface area (Å²) in [4.78, 5) is 37.1. The zero-order chi connectivity index (χ0) is 27.9. The van der Waals surface area contributed by atoms with Crippen molar-refractivity contribution in [2.45, 2.75) is 65.2 Å². The second kappa shape index (κ2) is 16.2. The summed E-state index contributed by atoms with van der Waals surface area (Å²) >= 11 is 0. The van der Waals surface area contributed by atoms with Crippen LogP contribution in [0.4, 0.5) is 0 Å². The van der Waals surface area contributed by atoms with Crippen LogP contribution in [0, 0.1) is 10.8 Å². The number of nitrogens with zero attached hydrogens (tertiary/aromatic N) is 2. The Balaban J connectivity index is 0.000000212. The molecule has 0 saturated heterocycles. The largest absolute Gasteiger partial charge is 0.497 e. The SMILES string of the molecule is CC(C)CCON=O.COc1ccc2c(c1)CCC/C(=N/O)C2=O.COc1ccc2c(c1)CCCCC2=O. The standard InChI is InChI=1S/C12H13NO3.C12H14O2.C5H11NO2/c1-16-9-5-6-10-8(7-9)3-2-4-11(13-15)12(10)14;1-14-10-6-7-11-9(8-10)4-2-3-5-12(11)13;1-5(2)3-4-8-6-7/h5-7,15H,2-4H2,1H3;6-8H,2-5H2,1H3;5H,3-4H2,1-2H3/b13-11-;;. The van der Waals surface area contributed by atoms with E-state index in [9.17, 15) is 14.5 Å². The molecule has 9 nitrogen and oxygen atoms in total. The van der Waals surface area contributed by atoms with Crippen LogP contribution in [0.3, 0.4) is 0 Å². The van der Waals surface area contributed by atoms with Gasteiger partial charge in [0.25, 0.3) is 0 Å². The highest BCUT2D eigenvalue weighted by molar-refractivity contribution is 6.46. The van der Waals surface area contributed by atoms with E-state index >= 15 is 0 Å². The van der Waals surface area contributed by atoms with Gasteiger partial charge in [0.2, 0.25) is 5.78 Å². The molecule has 0 amide bonds. The molecule has 2 aromatic rings. The first-order chi connectivity index (χ1) is 18.3. The van der Waals surface area contributed by atoms with Gasteiger partial charge in [-0.15, -0.1) is 4.91 Å². The number of hydrogen-bond donors (Lipinski definition) is 1. The van der Waals surface area contributed by atoms with Crippen LogP contribution in [0.5, 0.6) is 11.5 Å². The highest BCUT2D eigenvalue weighted by atomic mass is 16.7. The van der Waals surface area contributed by atoms with Gasteiger partial charge in [0.05, 0.1) is 14.2 Å². The van der Waals surface area contributed by atoms with E-state index in [4.69, 9.17) is 14.7 Å². The Kier molecular flexibility index (Phi) is 13.0. The number of Topliss-reactive ketones (excluding diaryl/α,β-unsaturated/α-hetero) is 2. The van der Waals surface area contributed by atoms with Crippen molar-refractivity contribution in [3.63, 3.8) is 0 Å². The summed E-state index contributed by atoms with van der Waals surface area (Å²) in [6.45, 7) is 4.57. The maximum atomic E-state index is 11.9. The van der Waals surface area contributed by atoms with Crippen LogP contribution in [-0.4, -0.2) is 43.3 Å². The van der Waals surface area contributed by atoms with E-state index in [0.29, 0.717) is 30.9 Å². The van der Waals surface area contributed by atoms with Crippen LogP contribution in [0.15, 0.2) is 46.9 Å². The summed E-state index contributed by atoms with van der Waals surface area (Å²) < 4.78 is 10.3. The average Bonchev–Trinajstić information content (AvgIpc) is 3.21. The minimum absolute atomic E-state index is 0.183. The molecule has 9 heteroatoms. The number of hydrogen-bond acceptors (Lipinski definition) is 9. The fourth-order valence-electron chi connectivity index (χ4n) is 4.17. The number of oxime groups is 1. The van der Waals surface area contributed by atoms with Crippen molar-refractivity contribution in [2.24, 2.45) is 16.4 Å². The topological polar surface area (TPSA) is 124 Å². The quantitative estimate of drug-likeness (QED) is 0.152. The molecule has 0 atom stereocenters. The molecule has 0 radical (unpaired) electrons. The molecule has 4 rings (SSSR count). The Bertz CT molecular complexity index is 1110. The Morgan fingerprint density at radius 2 is 1.42 bits per heavy atom. The fraction of sp³-hybridized carbons (Fsp3) is 0.483. The van der Waals surface area contributed by atoms with Gasteiger partial charge in [-0.1, -0.05) is 19.0 Å². The van der Waals surface area contributed by atoms with E-state index in [2.05, 4.69) is 29.2 Å². The molecule has 2 aromatic carbocycles. The van der Waals surface area contributed by atoms with Crippen LogP contribution in [0.1, 0.15) is 84.2 Å². The number of benzene rings is 2.